The van der Waals surface area contributed by atoms with Crippen LogP contribution in [0.2, 0.25) is 0 Å². The highest BCUT2D eigenvalue weighted by atomic mass is 16.2. The summed E-state index contributed by atoms with van der Waals surface area (Å²) in [4.78, 5) is 12.0. The molecule has 0 aliphatic heterocycles. The summed E-state index contributed by atoms with van der Waals surface area (Å²) in [5, 5.41) is 7.26. The summed E-state index contributed by atoms with van der Waals surface area (Å²) >= 11 is 0. The standard InChI is InChI=1S/C13H23N3O/c1-5-11(6-2)9-14-13(17)12-8-10(4)15-16(12)7-3/h8,11H,5-7,9H2,1-4H3,(H,14,17). The van der Waals surface area contributed by atoms with Crippen molar-refractivity contribution in [1.29, 1.82) is 0 Å². The highest BCUT2D eigenvalue weighted by Crippen LogP contribution is 2.07. The van der Waals surface area contributed by atoms with Crippen molar-refractivity contribution >= 4 is 5.91 Å². The van der Waals surface area contributed by atoms with Crippen molar-refractivity contribution in [2.45, 2.75) is 47.1 Å². The molecule has 0 spiro atoms. The Bertz CT molecular complexity index is 367. The largest absolute Gasteiger partial charge is 0.350 e. The molecule has 0 saturated carbocycles. The molecule has 4 heteroatoms. The van der Waals surface area contributed by atoms with Crippen LogP contribution in [0.5, 0.6) is 0 Å². The van der Waals surface area contributed by atoms with Gasteiger partial charge in [-0.3, -0.25) is 9.48 Å². The van der Waals surface area contributed by atoms with Gasteiger partial charge in [-0.15, -0.1) is 0 Å². The second-order valence-electron chi connectivity index (χ2n) is 4.38. The van der Waals surface area contributed by atoms with E-state index in [9.17, 15) is 4.79 Å². The molecule has 1 heterocycles. The Kier molecular flexibility index (Phi) is 5.19. The van der Waals surface area contributed by atoms with Gasteiger partial charge in [-0.25, -0.2) is 0 Å². The molecular weight excluding hydrogens is 214 g/mol. The van der Waals surface area contributed by atoms with Gasteiger partial charge in [-0.1, -0.05) is 26.7 Å². The molecule has 1 aromatic rings. The summed E-state index contributed by atoms with van der Waals surface area (Å²) in [7, 11) is 0. The third-order valence-corrected chi connectivity index (χ3v) is 3.14. The maximum Gasteiger partial charge on any atom is 0.269 e. The molecule has 0 fully saturated rings. The quantitative estimate of drug-likeness (QED) is 0.825. The second kappa shape index (κ2) is 6.42. The van der Waals surface area contributed by atoms with E-state index in [1.165, 1.54) is 0 Å². The van der Waals surface area contributed by atoms with E-state index >= 15 is 0 Å². The average Bonchev–Trinajstić information content (AvgIpc) is 2.71. The highest BCUT2D eigenvalue weighted by Gasteiger charge is 2.13. The van der Waals surface area contributed by atoms with Gasteiger partial charge in [-0.2, -0.15) is 5.10 Å². The average molecular weight is 237 g/mol. The monoisotopic (exact) mass is 237 g/mol. The summed E-state index contributed by atoms with van der Waals surface area (Å²) in [6.07, 6.45) is 2.20. The van der Waals surface area contributed by atoms with Crippen LogP contribution in [0.4, 0.5) is 0 Å². The lowest BCUT2D eigenvalue weighted by atomic mass is 10.0. The summed E-state index contributed by atoms with van der Waals surface area (Å²) in [5.74, 6) is 0.553. The minimum absolute atomic E-state index is 0.0145. The van der Waals surface area contributed by atoms with Crippen molar-refractivity contribution in [2.24, 2.45) is 5.92 Å². The lowest BCUT2D eigenvalue weighted by Crippen LogP contribution is -2.30. The molecule has 0 atom stereocenters. The van der Waals surface area contributed by atoms with E-state index in [0.29, 0.717) is 11.6 Å². The summed E-state index contributed by atoms with van der Waals surface area (Å²) in [6.45, 7) is 9.68. The molecule has 1 N–H and O–H groups in total. The zero-order valence-corrected chi connectivity index (χ0v) is 11.3. The summed E-state index contributed by atoms with van der Waals surface area (Å²) in [5.41, 5.74) is 1.55. The van der Waals surface area contributed by atoms with Crippen molar-refractivity contribution in [3.63, 3.8) is 0 Å². The molecule has 1 rings (SSSR count). The first-order chi connectivity index (χ1) is 8.12. The third kappa shape index (κ3) is 3.58. The molecule has 0 radical (unpaired) electrons. The van der Waals surface area contributed by atoms with E-state index < -0.39 is 0 Å². The minimum Gasteiger partial charge on any atom is -0.350 e. The van der Waals surface area contributed by atoms with E-state index in [2.05, 4.69) is 24.3 Å². The number of carbonyl (C=O) groups excluding carboxylic acids is 1. The maximum atomic E-state index is 12.0. The molecule has 1 amide bonds. The molecule has 0 aliphatic carbocycles. The van der Waals surface area contributed by atoms with Crippen molar-refractivity contribution in [1.82, 2.24) is 15.1 Å². The molecule has 0 bridgehead atoms. The number of rotatable bonds is 6. The number of nitrogens with zero attached hydrogens (tertiary/aromatic N) is 2. The van der Waals surface area contributed by atoms with Crippen LogP contribution in [0.3, 0.4) is 0 Å². The van der Waals surface area contributed by atoms with Gasteiger partial charge in [0.1, 0.15) is 5.69 Å². The first kappa shape index (κ1) is 13.7. The van der Waals surface area contributed by atoms with Crippen LogP contribution in [0, 0.1) is 12.8 Å². The van der Waals surface area contributed by atoms with Crippen molar-refractivity contribution in [2.75, 3.05) is 6.54 Å². The fraction of sp³-hybridized carbons (Fsp3) is 0.692. The van der Waals surface area contributed by atoms with E-state index in [0.717, 1.165) is 31.6 Å². The van der Waals surface area contributed by atoms with E-state index in [-0.39, 0.29) is 5.91 Å². The predicted molar refractivity (Wildman–Crippen MR) is 69.0 cm³/mol. The number of nitrogens with one attached hydrogen (secondary N) is 1. The van der Waals surface area contributed by atoms with E-state index in [4.69, 9.17) is 0 Å². The van der Waals surface area contributed by atoms with E-state index in [1.807, 2.05) is 19.9 Å². The minimum atomic E-state index is -0.0145. The Morgan fingerprint density at radius 1 is 1.41 bits per heavy atom. The normalized spacial score (nSPS) is 10.9. The number of amides is 1. The Hall–Kier alpha value is -1.32. The molecule has 17 heavy (non-hydrogen) atoms. The maximum absolute atomic E-state index is 12.0. The number of aromatic nitrogens is 2. The molecule has 0 aromatic carbocycles. The molecule has 0 aliphatic rings. The molecular formula is C13H23N3O. The SMILES string of the molecule is CCC(CC)CNC(=O)c1cc(C)nn1CC. The van der Waals surface area contributed by atoms with Gasteiger partial charge in [0.25, 0.3) is 5.91 Å². The molecule has 0 saturated heterocycles. The fourth-order valence-electron chi connectivity index (χ4n) is 1.87. The van der Waals surface area contributed by atoms with Gasteiger partial charge < -0.3 is 5.32 Å². The second-order valence-corrected chi connectivity index (χ2v) is 4.38. The Balaban J connectivity index is 2.63. The summed E-state index contributed by atoms with van der Waals surface area (Å²) in [6, 6.07) is 1.84. The lowest BCUT2D eigenvalue weighted by Gasteiger charge is -2.13. The van der Waals surface area contributed by atoms with Crippen LogP contribution in [0.25, 0.3) is 0 Å². The fourth-order valence-corrected chi connectivity index (χ4v) is 1.87. The first-order valence-electron chi connectivity index (χ1n) is 6.44. The van der Waals surface area contributed by atoms with Gasteiger partial charge in [0.15, 0.2) is 0 Å². The highest BCUT2D eigenvalue weighted by molar-refractivity contribution is 5.92. The zero-order chi connectivity index (χ0) is 12.8. The van der Waals surface area contributed by atoms with Crippen molar-refractivity contribution in [3.05, 3.63) is 17.5 Å². The first-order valence-corrected chi connectivity index (χ1v) is 6.44. The van der Waals surface area contributed by atoms with Gasteiger partial charge in [0.2, 0.25) is 0 Å². The lowest BCUT2D eigenvalue weighted by molar-refractivity contribution is 0.0935. The Morgan fingerprint density at radius 2 is 2.06 bits per heavy atom. The van der Waals surface area contributed by atoms with Gasteiger partial charge in [-0.05, 0) is 25.8 Å². The number of carbonyl (C=O) groups is 1. The van der Waals surface area contributed by atoms with Crippen LogP contribution < -0.4 is 5.32 Å². The van der Waals surface area contributed by atoms with Crippen LogP contribution in [-0.4, -0.2) is 22.2 Å². The molecule has 0 unspecified atom stereocenters. The predicted octanol–water partition coefficient (Wildman–Crippen LogP) is 2.38. The Morgan fingerprint density at radius 3 is 2.59 bits per heavy atom. The van der Waals surface area contributed by atoms with Crippen molar-refractivity contribution in [3.8, 4) is 0 Å². The van der Waals surface area contributed by atoms with Crippen LogP contribution in [-0.2, 0) is 6.54 Å². The Labute approximate surface area is 103 Å². The number of aryl methyl sites for hydroxylation is 2. The van der Waals surface area contributed by atoms with Crippen molar-refractivity contribution < 1.29 is 4.79 Å². The van der Waals surface area contributed by atoms with Crippen LogP contribution in [0.1, 0.15) is 49.8 Å². The number of hydrogen-bond acceptors (Lipinski definition) is 2. The summed E-state index contributed by atoms with van der Waals surface area (Å²) < 4.78 is 1.75. The topological polar surface area (TPSA) is 46.9 Å². The molecule has 1 aromatic heterocycles. The third-order valence-electron chi connectivity index (χ3n) is 3.14. The van der Waals surface area contributed by atoms with Gasteiger partial charge in [0, 0.05) is 13.1 Å². The van der Waals surface area contributed by atoms with Crippen LogP contribution in [0.15, 0.2) is 6.07 Å². The van der Waals surface area contributed by atoms with Gasteiger partial charge in [0.05, 0.1) is 5.69 Å². The zero-order valence-electron chi connectivity index (χ0n) is 11.3. The molecule has 4 nitrogen and oxygen atoms in total. The number of hydrogen-bond donors (Lipinski definition) is 1. The molecule has 96 valence electrons. The van der Waals surface area contributed by atoms with Crippen LogP contribution >= 0.6 is 0 Å². The smallest absolute Gasteiger partial charge is 0.269 e. The van der Waals surface area contributed by atoms with Gasteiger partial charge >= 0.3 is 0 Å². The van der Waals surface area contributed by atoms with E-state index in [1.54, 1.807) is 4.68 Å².